The molecule has 0 aliphatic rings. The Morgan fingerprint density at radius 3 is 2.62 bits per heavy atom. The van der Waals surface area contributed by atoms with Gasteiger partial charge in [0.05, 0.1) is 24.5 Å². The normalized spacial score (nSPS) is 10.9. The van der Waals surface area contributed by atoms with Crippen LogP contribution in [0.3, 0.4) is 0 Å². The molecular weight excluding hydrogens is 406 g/mol. The molecule has 29 heavy (non-hydrogen) atoms. The Kier molecular flexibility index (Phi) is 7.60. The van der Waals surface area contributed by atoms with Crippen LogP contribution in [0.5, 0.6) is 11.8 Å². The molecule has 0 saturated heterocycles. The molecule has 0 fully saturated rings. The number of anilines is 1. The second kappa shape index (κ2) is 10.4. The molecule has 0 aliphatic heterocycles. The summed E-state index contributed by atoms with van der Waals surface area (Å²) in [6, 6.07) is 5.35. The monoisotopic (exact) mass is 431 g/mol. The lowest BCUT2D eigenvalue weighted by molar-refractivity contribution is 0.102. The number of hydrogen-bond donors (Lipinski definition) is 1. The van der Waals surface area contributed by atoms with Gasteiger partial charge >= 0.3 is 0 Å². The lowest BCUT2D eigenvalue weighted by Crippen LogP contribution is -2.14. The first-order valence-electron chi connectivity index (χ1n) is 9.58. The van der Waals surface area contributed by atoms with Crippen molar-refractivity contribution in [1.82, 2.24) is 9.97 Å². The van der Waals surface area contributed by atoms with Gasteiger partial charge in [-0.05, 0) is 34.7 Å². The smallest absolute Gasteiger partial charge is 0.257 e. The zero-order valence-corrected chi connectivity index (χ0v) is 18.4. The highest BCUT2D eigenvalue weighted by Gasteiger charge is 2.14. The van der Waals surface area contributed by atoms with E-state index in [0.29, 0.717) is 41.6 Å². The maximum atomic E-state index is 12.7. The molecule has 3 rings (SSSR count). The lowest BCUT2D eigenvalue weighted by Gasteiger charge is -2.12. The molecule has 0 unspecified atom stereocenters. The Balaban J connectivity index is 1.72. The van der Waals surface area contributed by atoms with Crippen LogP contribution in [0.1, 0.15) is 42.4 Å². The minimum absolute atomic E-state index is 0.263. The van der Waals surface area contributed by atoms with Crippen molar-refractivity contribution in [2.45, 2.75) is 33.6 Å². The number of carbonyl (C=O) groups is 1. The summed E-state index contributed by atoms with van der Waals surface area (Å²) in [6.45, 7) is 7.14. The van der Waals surface area contributed by atoms with Gasteiger partial charge in [-0.25, -0.2) is 4.98 Å². The lowest BCUT2D eigenvalue weighted by atomic mass is 10.2. The van der Waals surface area contributed by atoms with Crippen LogP contribution in [0.4, 0.5) is 5.13 Å². The summed E-state index contributed by atoms with van der Waals surface area (Å²) < 4.78 is 11.6. The first kappa shape index (κ1) is 21.3. The summed E-state index contributed by atoms with van der Waals surface area (Å²) in [7, 11) is 0. The zero-order chi connectivity index (χ0) is 20.6. The van der Waals surface area contributed by atoms with Crippen molar-refractivity contribution in [1.29, 1.82) is 0 Å². The van der Waals surface area contributed by atoms with Crippen LogP contribution >= 0.6 is 22.7 Å². The predicted molar refractivity (Wildman–Crippen MR) is 118 cm³/mol. The van der Waals surface area contributed by atoms with E-state index in [1.165, 1.54) is 16.9 Å². The molecular formula is C21H25N3O3S2. The minimum Gasteiger partial charge on any atom is -0.477 e. The second-order valence-electron chi connectivity index (χ2n) is 6.92. The average molecular weight is 432 g/mol. The Hall–Kier alpha value is -2.45. The molecule has 0 aliphatic carbocycles. The third-order valence-corrected chi connectivity index (χ3v) is 5.50. The fourth-order valence-electron chi connectivity index (χ4n) is 2.42. The predicted octanol–water partition coefficient (Wildman–Crippen LogP) is 5.07. The van der Waals surface area contributed by atoms with Gasteiger partial charge in [0.25, 0.3) is 5.91 Å². The van der Waals surface area contributed by atoms with Crippen molar-refractivity contribution in [2.75, 3.05) is 18.5 Å². The van der Waals surface area contributed by atoms with Crippen molar-refractivity contribution in [2.24, 2.45) is 5.92 Å². The van der Waals surface area contributed by atoms with Gasteiger partial charge in [0.1, 0.15) is 0 Å². The van der Waals surface area contributed by atoms with Crippen LogP contribution in [0.25, 0.3) is 0 Å². The van der Waals surface area contributed by atoms with Crippen LogP contribution in [-0.4, -0.2) is 29.1 Å². The largest absolute Gasteiger partial charge is 0.477 e. The van der Waals surface area contributed by atoms with Crippen LogP contribution in [0, 0.1) is 5.92 Å². The standard InChI is InChI=1S/C21H25N3O3S2/c1-4-17-13-29-21(22-17)24-20(25)16-9-18(23-19(10-16)27-11-14(2)3)26-7-5-15-6-8-28-12-15/h6,8-10,12-14H,4-5,7,11H2,1-3H3,(H,22,24,25). The fraction of sp³-hybridized carbons (Fsp3) is 0.381. The third-order valence-electron chi connectivity index (χ3n) is 3.96. The molecule has 0 radical (unpaired) electrons. The summed E-state index contributed by atoms with van der Waals surface area (Å²) in [6.07, 6.45) is 1.61. The van der Waals surface area contributed by atoms with E-state index >= 15 is 0 Å². The van der Waals surface area contributed by atoms with Crippen LogP contribution in [0.2, 0.25) is 0 Å². The molecule has 0 saturated carbocycles. The Labute approximate surface area is 178 Å². The molecule has 8 heteroatoms. The number of hydrogen-bond acceptors (Lipinski definition) is 7. The van der Waals surface area contributed by atoms with E-state index in [0.717, 1.165) is 18.5 Å². The molecule has 0 aromatic carbocycles. The zero-order valence-electron chi connectivity index (χ0n) is 16.8. The van der Waals surface area contributed by atoms with Crippen molar-refractivity contribution in [3.8, 4) is 11.8 Å². The number of ether oxygens (including phenoxy) is 2. The number of pyridine rings is 1. The van der Waals surface area contributed by atoms with E-state index in [1.54, 1.807) is 23.5 Å². The first-order valence-corrected chi connectivity index (χ1v) is 11.4. The molecule has 1 N–H and O–H groups in total. The number of nitrogens with zero attached hydrogens (tertiary/aromatic N) is 2. The number of amides is 1. The molecule has 6 nitrogen and oxygen atoms in total. The summed E-state index contributed by atoms with van der Waals surface area (Å²) in [4.78, 5) is 21.5. The third kappa shape index (κ3) is 6.54. The molecule has 3 aromatic heterocycles. The minimum atomic E-state index is -0.263. The Morgan fingerprint density at radius 1 is 1.17 bits per heavy atom. The van der Waals surface area contributed by atoms with Gasteiger partial charge < -0.3 is 9.47 Å². The van der Waals surface area contributed by atoms with E-state index in [9.17, 15) is 4.79 Å². The second-order valence-corrected chi connectivity index (χ2v) is 8.56. The maximum Gasteiger partial charge on any atom is 0.257 e. The average Bonchev–Trinajstić information content (AvgIpc) is 3.38. The number of thiazole rings is 1. The molecule has 154 valence electrons. The topological polar surface area (TPSA) is 73.3 Å². The van der Waals surface area contributed by atoms with Gasteiger partial charge in [-0.2, -0.15) is 16.3 Å². The van der Waals surface area contributed by atoms with E-state index < -0.39 is 0 Å². The van der Waals surface area contributed by atoms with Gasteiger partial charge in [-0.3, -0.25) is 10.1 Å². The highest BCUT2D eigenvalue weighted by Crippen LogP contribution is 2.22. The summed E-state index contributed by atoms with van der Waals surface area (Å²) in [5.74, 6) is 0.840. The number of nitrogens with one attached hydrogen (secondary N) is 1. The highest BCUT2D eigenvalue weighted by molar-refractivity contribution is 7.14. The van der Waals surface area contributed by atoms with Crippen molar-refractivity contribution in [3.63, 3.8) is 0 Å². The van der Waals surface area contributed by atoms with Gasteiger partial charge in [-0.15, -0.1) is 11.3 Å². The molecule has 3 aromatic rings. The van der Waals surface area contributed by atoms with E-state index in [1.807, 2.05) is 17.7 Å². The van der Waals surface area contributed by atoms with E-state index in [-0.39, 0.29) is 5.91 Å². The fourth-order valence-corrected chi connectivity index (χ4v) is 3.91. The Morgan fingerprint density at radius 2 is 1.97 bits per heavy atom. The van der Waals surface area contributed by atoms with Crippen molar-refractivity contribution >= 4 is 33.7 Å². The molecule has 0 spiro atoms. The van der Waals surface area contributed by atoms with Crippen LogP contribution < -0.4 is 14.8 Å². The quantitative estimate of drug-likeness (QED) is 0.485. The van der Waals surface area contributed by atoms with Gasteiger partial charge in [0.2, 0.25) is 11.8 Å². The molecule has 0 bridgehead atoms. The number of thiophene rings is 1. The SMILES string of the molecule is CCc1csc(NC(=O)c2cc(OCCc3ccsc3)nc(OCC(C)C)c2)n1. The summed E-state index contributed by atoms with van der Waals surface area (Å²) in [5.41, 5.74) is 2.60. The summed E-state index contributed by atoms with van der Waals surface area (Å²) in [5, 5.41) is 9.50. The van der Waals surface area contributed by atoms with Crippen molar-refractivity contribution < 1.29 is 14.3 Å². The first-order chi connectivity index (χ1) is 14.0. The van der Waals surface area contributed by atoms with Gasteiger partial charge in [-0.1, -0.05) is 20.8 Å². The molecule has 0 atom stereocenters. The van der Waals surface area contributed by atoms with Crippen LogP contribution in [-0.2, 0) is 12.8 Å². The summed E-state index contributed by atoms with van der Waals surface area (Å²) >= 11 is 3.07. The van der Waals surface area contributed by atoms with E-state index in [2.05, 4.69) is 40.6 Å². The van der Waals surface area contributed by atoms with Crippen molar-refractivity contribution in [3.05, 3.63) is 51.2 Å². The Bertz CT molecular complexity index is 923. The maximum absolute atomic E-state index is 12.7. The molecule has 1 amide bonds. The highest BCUT2D eigenvalue weighted by atomic mass is 32.1. The number of carbonyl (C=O) groups excluding carboxylic acids is 1. The number of rotatable bonds is 10. The van der Waals surface area contributed by atoms with Crippen LogP contribution in [0.15, 0.2) is 34.3 Å². The molecule has 3 heterocycles. The number of aromatic nitrogens is 2. The number of aryl methyl sites for hydroxylation is 1. The van der Waals surface area contributed by atoms with Gasteiger partial charge in [0.15, 0.2) is 5.13 Å². The van der Waals surface area contributed by atoms with Gasteiger partial charge in [0, 0.05) is 23.9 Å². The van der Waals surface area contributed by atoms with E-state index in [4.69, 9.17) is 9.47 Å².